The Bertz CT molecular complexity index is 388. The van der Waals surface area contributed by atoms with E-state index in [1.165, 1.54) is 6.07 Å². The normalized spacial score (nSPS) is 10.6. The minimum atomic E-state index is -0.203. The molecule has 0 unspecified atom stereocenters. The van der Waals surface area contributed by atoms with Gasteiger partial charge in [-0.05, 0) is 25.1 Å². The maximum absolute atomic E-state index is 13.6. The molecule has 2 nitrogen and oxygen atoms in total. The fraction of sp³-hybridized carbons (Fsp3) is 0.429. The molecule has 94 valence electrons. The van der Waals surface area contributed by atoms with E-state index in [0.717, 1.165) is 5.56 Å². The highest BCUT2D eigenvalue weighted by atomic mass is 19.1. The summed E-state index contributed by atoms with van der Waals surface area (Å²) in [6, 6.07) is 5.25. The molecule has 0 fully saturated rings. The quantitative estimate of drug-likeness (QED) is 0.766. The summed E-state index contributed by atoms with van der Waals surface area (Å²) < 4.78 is 18.9. The van der Waals surface area contributed by atoms with Crippen LogP contribution >= 0.6 is 0 Å². The van der Waals surface area contributed by atoms with E-state index in [-0.39, 0.29) is 5.82 Å². The average molecular weight is 237 g/mol. The third-order valence-electron chi connectivity index (χ3n) is 2.39. The number of ether oxygens (including phenoxy) is 1. The van der Waals surface area contributed by atoms with E-state index in [0.29, 0.717) is 30.5 Å². The molecule has 0 radical (unpaired) electrons. The van der Waals surface area contributed by atoms with Crippen molar-refractivity contribution in [2.75, 3.05) is 6.61 Å². The zero-order valence-corrected chi connectivity index (χ0v) is 10.7. The maximum Gasteiger partial charge on any atom is 0.127 e. The van der Waals surface area contributed by atoms with E-state index < -0.39 is 0 Å². The molecule has 0 saturated heterocycles. The molecule has 0 aliphatic heterocycles. The first-order chi connectivity index (χ1) is 8.04. The minimum Gasteiger partial charge on any atom is -0.494 e. The van der Waals surface area contributed by atoms with Crippen molar-refractivity contribution in [3.8, 4) is 0 Å². The van der Waals surface area contributed by atoms with Crippen LogP contribution in [0.5, 0.6) is 0 Å². The van der Waals surface area contributed by atoms with Crippen LogP contribution < -0.4 is 5.32 Å². The molecule has 0 atom stereocenters. The van der Waals surface area contributed by atoms with Gasteiger partial charge in [-0.25, -0.2) is 4.39 Å². The van der Waals surface area contributed by atoms with Crippen LogP contribution in [0.1, 0.15) is 31.9 Å². The third-order valence-corrected chi connectivity index (χ3v) is 2.39. The molecule has 3 heteroatoms. The van der Waals surface area contributed by atoms with Gasteiger partial charge in [-0.15, -0.1) is 0 Å². The van der Waals surface area contributed by atoms with Gasteiger partial charge < -0.3 is 10.1 Å². The van der Waals surface area contributed by atoms with Crippen molar-refractivity contribution < 1.29 is 9.13 Å². The Morgan fingerprint density at radius 3 is 2.76 bits per heavy atom. The fourth-order valence-electron chi connectivity index (χ4n) is 1.46. The molecule has 0 bridgehead atoms. The van der Waals surface area contributed by atoms with Crippen LogP contribution in [0.3, 0.4) is 0 Å². The second-order valence-corrected chi connectivity index (χ2v) is 4.20. The summed E-state index contributed by atoms with van der Waals surface area (Å²) in [6.07, 6.45) is 0. The Hall–Kier alpha value is -1.35. The highest BCUT2D eigenvalue weighted by molar-refractivity contribution is 5.58. The van der Waals surface area contributed by atoms with Crippen LogP contribution in [0.2, 0.25) is 0 Å². The molecule has 0 aromatic heterocycles. The highest BCUT2D eigenvalue weighted by Gasteiger charge is 2.06. The first-order valence-electron chi connectivity index (χ1n) is 5.88. The first-order valence-corrected chi connectivity index (χ1v) is 5.88. The maximum atomic E-state index is 13.6. The SMILES string of the molecule is C=C(OCC)c1ccc(F)c(CNC(C)C)c1. The van der Waals surface area contributed by atoms with E-state index in [4.69, 9.17) is 4.74 Å². The molecule has 1 N–H and O–H groups in total. The van der Waals surface area contributed by atoms with Gasteiger partial charge in [0.1, 0.15) is 11.6 Å². The van der Waals surface area contributed by atoms with Crippen molar-refractivity contribution in [2.24, 2.45) is 0 Å². The van der Waals surface area contributed by atoms with Crippen molar-refractivity contribution in [1.29, 1.82) is 0 Å². The fourth-order valence-corrected chi connectivity index (χ4v) is 1.46. The van der Waals surface area contributed by atoms with E-state index in [1.807, 2.05) is 20.8 Å². The summed E-state index contributed by atoms with van der Waals surface area (Å²) in [5, 5.41) is 3.19. The van der Waals surface area contributed by atoms with Crippen LogP contribution in [-0.2, 0) is 11.3 Å². The molecule has 1 aromatic carbocycles. The van der Waals surface area contributed by atoms with Crippen molar-refractivity contribution in [2.45, 2.75) is 33.4 Å². The third kappa shape index (κ3) is 4.19. The Labute approximate surface area is 102 Å². The van der Waals surface area contributed by atoms with Gasteiger partial charge in [-0.2, -0.15) is 0 Å². The Balaban J connectivity index is 2.82. The van der Waals surface area contributed by atoms with Crippen LogP contribution in [0.4, 0.5) is 4.39 Å². The van der Waals surface area contributed by atoms with Gasteiger partial charge in [0.05, 0.1) is 6.61 Å². The number of hydrogen-bond donors (Lipinski definition) is 1. The van der Waals surface area contributed by atoms with Gasteiger partial charge in [0.15, 0.2) is 0 Å². The van der Waals surface area contributed by atoms with Gasteiger partial charge in [0.25, 0.3) is 0 Å². The molecule has 0 aliphatic rings. The van der Waals surface area contributed by atoms with Crippen molar-refractivity contribution in [3.63, 3.8) is 0 Å². The monoisotopic (exact) mass is 237 g/mol. The van der Waals surface area contributed by atoms with Gasteiger partial charge in [-0.3, -0.25) is 0 Å². The Morgan fingerprint density at radius 2 is 2.18 bits per heavy atom. The van der Waals surface area contributed by atoms with Crippen LogP contribution in [0.25, 0.3) is 5.76 Å². The van der Waals surface area contributed by atoms with Gasteiger partial charge in [0.2, 0.25) is 0 Å². The minimum absolute atomic E-state index is 0.203. The van der Waals surface area contributed by atoms with Crippen molar-refractivity contribution >= 4 is 5.76 Å². The summed E-state index contributed by atoms with van der Waals surface area (Å²) in [7, 11) is 0. The topological polar surface area (TPSA) is 21.3 Å². The number of nitrogens with one attached hydrogen (secondary N) is 1. The van der Waals surface area contributed by atoms with E-state index >= 15 is 0 Å². The smallest absolute Gasteiger partial charge is 0.127 e. The molecular formula is C14H20FNO. The van der Waals surface area contributed by atoms with Crippen LogP contribution in [0, 0.1) is 5.82 Å². The van der Waals surface area contributed by atoms with Crippen LogP contribution in [-0.4, -0.2) is 12.6 Å². The van der Waals surface area contributed by atoms with Crippen LogP contribution in [0.15, 0.2) is 24.8 Å². The lowest BCUT2D eigenvalue weighted by Gasteiger charge is -2.12. The molecule has 0 aliphatic carbocycles. The van der Waals surface area contributed by atoms with Gasteiger partial charge in [-0.1, -0.05) is 20.4 Å². The number of hydrogen-bond acceptors (Lipinski definition) is 2. The summed E-state index contributed by atoms with van der Waals surface area (Å²) >= 11 is 0. The zero-order valence-electron chi connectivity index (χ0n) is 10.7. The predicted octanol–water partition coefficient (Wildman–Crippen LogP) is 3.33. The Morgan fingerprint density at radius 1 is 1.47 bits per heavy atom. The lowest BCUT2D eigenvalue weighted by Crippen LogP contribution is -2.22. The lowest BCUT2D eigenvalue weighted by molar-refractivity contribution is 0.299. The average Bonchev–Trinajstić information content (AvgIpc) is 2.28. The van der Waals surface area contributed by atoms with E-state index in [2.05, 4.69) is 11.9 Å². The highest BCUT2D eigenvalue weighted by Crippen LogP contribution is 2.18. The molecule has 17 heavy (non-hydrogen) atoms. The van der Waals surface area contributed by atoms with E-state index in [1.54, 1.807) is 12.1 Å². The lowest BCUT2D eigenvalue weighted by atomic mass is 10.1. The van der Waals surface area contributed by atoms with Gasteiger partial charge >= 0.3 is 0 Å². The molecular weight excluding hydrogens is 217 g/mol. The molecule has 0 heterocycles. The second kappa shape index (κ2) is 6.40. The summed E-state index contributed by atoms with van der Waals surface area (Å²) in [5.41, 5.74) is 1.46. The summed E-state index contributed by atoms with van der Waals surface area (Å²) in [6.45, 7) is 10.8. The second-order valence-electron chi connectivity index (χ2n) is 4.20. The zero-order chi connectivity index (χ0) is 12.8. The van der Waals surface area contributed by atoms with Crippen molar-refractivity contribution in [3.05, 3.63) is 41.7 Å². The van der Waals surface area contributed by atoms with Crippen molar-refractivity contribution in [1.82, 2.24) is 5.32 Å². The Kier molecular flexibility index (Phi) is 5.16. The molecule has 0 spiro atoms. The molecule has 0 amide bonds. The number of rotatable bonds is 6. The summed E-state index contributed by atoms with van der Waals surface area (Å²) in [5.74, 6) is 0.379. The predicted molar refractivity (Wildman–Crippen MR) is 69.0 cm³/mol. The number of halogens is 1. The number of benzene rings is 1. The first kappa shape index (κ1) is 13.7. The van der Waals surface area contributed by atoms with E-state index in [9.17, 15) is 4.39 Å². The molecule has 0 saturated carbocycles. The molecule has 1 aromatic rings. The largest absolute Gasteiger partial charge is 0.494 e. The standard InChI is InChI=1S/C14H20FNO/c1-5-17-11(4)12-6-7-14(15)13(8-12)9-16-10(2)3/h6-8,10,16H,4-5,9H2,1-3H3. The van der Waals surface area contributed by atoms with Gasteiger partial charge in [0, 0.05) is 23.7 Å². The molecule has 1 rings (SSSR count). The summed E-state index contributed by atoms with van der Waals surface area (Å²) in [4.78, 5) is 0.